The number of nitrogens with zero attached hydrogens (tertiary/aromatic N) is 1. The molecule has 0 spiro atoms. The maximum Gasteiger partial charge on any atom is 0.242 e. The van der Waals surface area contributed by atoms with Gasteiger partial charge in [0.15, 0.2) is 0 Å². The zero-order chi connectivity index (χ0) is 16.6. The highest BCUT2D eigenvalue weighted by Gasteiger charge is 2.35. The Kier molecular flexibility index (Phi) is 7.82. The van der Waals surface area contributed by atoms with Gasteiger partial charge in [0.25, 0.3) is 0 Å². The molecule has 0 radical (unpaired) electrons. The molecule has 128 valence electrons. The Bertz CT molecular complexity index is 364. The Hall–Kier alpha value is -1.14. The molecule has 0 aromatic rings. The van der Waals surface area contributed by atoms with Crippen LogP contribution in [-0.4, -0.2) is 55.6 Å². The van der Waals surface area contributed by atoms with Crippen molar-refractivity contribution in [2.75, 3.05) is 33.4 Å². The number of nitrogens with two attached hydrogens (primary N) is 1. The standard InChI is InChI=1S/C16H31N3O3/c1-4-8-16(2,17)15(21)19-10-6-13(7-11-19)14(20)18-9-5-12-22-3/h13H,4-12,17H2,1-3H3,(H,18,20). The predicted octanol–water partition coefficient (Wildman–Crippen LogP) is 0.895. The quantitative estimate of drug-likeness (QED) is 0.652. The van der Waals surface area contributed by atoms with E-state index in [-0.39, 0.29) is 17.7 Å². The third-order valence-electron chi connectivity index (χ3n) is 4.24. The molecule has 0 aromatic heterocycles. The van der Waals surface area contributed by atoms with Crippen LogP contribution in [0.5, 0.6) is 0 Å². The Morgan fingerprint density at radius 1 is 1.36 bits per heavy atom. The lowest BCUT2D eigenvalue weighted by molar-refractivity contribution is -0.140. The van der Waals surface area contributed by atoms with Gasteiger partial charge in [0.05, 0.1) is 5.54 Å². The van der Waals surface area contributed by atoms with Gasteiger partial charge >= 0.3 is 0 Å². The second-order valence-corrected chi connectivity index (χ2v) is 6.37. The fraction of sp³-hybridized carbons (Fsp3) is 0.875. The SMILES string of the molecule is CCCC(C)(N)C(=O)N1CCC(C(=O)NCCCOC)CC1. The summed E-state index contributed by atoms with van der Waals surface area (Å²) in [6.45, 7) is 6.35. The van der Waals surface area contributed by atoms with E-state index >= 15 is 0 Å². The summed E-state index contributed by atoms with van der Waals surface area (Å²) in [6.07, 6.45) is 3.82. The molecule has 1 unspecified atom stereocenters. The van der Waals surface area contributed by atoms with Crippen molar-refractivity contribution >= 4 is 11.8 Å². The largest absolute Gasteiger partial charge is 0.385 e. The van der Waals surface area contributed by atoms with Crippen molar-refractivity contribution in [3.8, 4) is 0 Å². The van der Waals surface area contributed by atoms with E-state index in [1.165, 1.54) is 0 Å². The Balaban J connectivity index is 2.36. The summed E-state index contributed by atoms with van der Waals surface area (Å²) < 4.78 is 4.95. The molecule has 6 nitrogen and oxygen atoms in total. The van der Waals surface area contributed by atoms with E-state index in [2.05, 4.69) is 5.32 Å². The molecule has 1 saturated heterocycles. The number of nitrogens with one attached hydrogen (secondary N) is 1. The summed E-state index contributed by atoms with van der Waals surface area (Å²) in [6, 6.07) is 0. The molecule has 2 amide bonds. The number of likely N-dealkylation sites (tertiary alicyclic amines) is 1. The third kappa shape index (κ3) is 5.57. The van der Waals surface area contributed by atoms with Crippen molar-refractivity contribution in [1.29, 1.82) is 0 Å². The molecule has 6 heteroatoms. The Morgan fingerprint density at radius 3 is 2.55 bits per heavy atom. The van der Waals surface area contributed by atoms with Crippen LogP contribution in [0.4, 0.5) is 0 Å². The van der Waals surface area contributed by atoms with Gasteiger partial charge < -0.3 is 20.7 Å². The van der Waals surface area contributed by atoms with Crippen LogP contribution in [0.25, 0.3) is 0 Å². The lowest BCUT2D eigenvalue weighted by Crippen LogP contribution is -2.55. The molecular formula is C16H31N3O3. The molecule has 1 aliphatic rings. The minimum atomic E-state index is -0.788. The average Bonchev–Trinajstić information content (AvgIpc) is 2.50. The first-order chi connectivity index (χ1) is 10.4. The van der Waals surface area contributed by atoms with Crippen molar-refractivity contribution in [2.45, 2.75) is 51.5 Å². The van der Waals surface area contributed by atoms with E-state index in [0.29, 0.717) is 45.5 Å². The number of ether oxygens (including phenoxy) is 1. The van der Waals surface area contributed by atoms with Crippen LogP contribution in [0, 0.1) is 5.92 Å². The maximum absolute atomic E-state index is 12.4. The van der Waals surface area contributed by atoms with Crippen molar-refractivity contribution in [3.63, 3.8) is 0 Å². The Morgan fingerprint density at radius 2 is 2.00 bits per heavy atom. The van der Waals surface area contributed by atoms with Crippen LogP contribution in [0.3, 0.4) is 0 Å². The molecule has 1 atom stereocenters. The van der Waals surface area contributed by atoms with Crippen molar-refractivity contribution < 1.29 is 14.3 Å². The number of hydrogen-bond acceptors (Lipinski definition) is 4. The normalized spacial score (nSPS) is 18.8. The lowest BCUT2D eigenvalue weighted by Gasteiger charge is -2.36. The molecule has 1 aliphatic heterocycles. The number of hydrogen-bond donors (Lipinski definition) is 2. The third-order valence-corrected chi connectivity index (χ3v) is 4.24. The van der Waals surface area contributed by atoms with Crippen molar-refractivity contribution in [3.05, 3.63) is 0 Å². The summed E-state index contributed by atoms with van der Waals surface area (Å²) in [7, 11) is 1.65. The van der Waals surface area contributed by atoms with Crippen LogP contribution < -0.4 is 11.1 Å². The second kappa shape index (κ2) is 9.10. The fourth-order valence-corrected chi connectivity index (χ4v) is 2.90. The first kappa shape index (κ1) is 18.9. The molecule has 22 heavy (non-hydrogen) atoms. The number of rotatable bonds is 8. The zero-order valence-electron chi connectivity index (χ0n) is 14.2. The van der Waals surface area contributed by atoms with Crippen molar-refractivity contribution in [1.82, 2.24) is 10.2 Å². The van der Waals surface area contributed by atoms with Crippen LogP contribution in [0.2, 0.25) is 0 Å². The van der Waals surface area contributed by atoms with Gasteiger partial charge in [0, 0.05) is 39.3 Å². The topological polar surface area (TPSA) is 84.7 Å². The summed E-state index contributed by atoms with van der Waals surface area (Å²) in [5.41, 5.74) is 5.32. The lowest BCUT2D eigenvalue weighted by atomic mass is 9.91. The van der Waals surface area contributed by atoms with E-state index < -0.39 is 5.54 Å². The molecular weight excluding hydrogens is 282 g/mol. The van der Waals surface area contributed by atoms with E-state index in [1.54, 1.807) is 14.0 Å². The number of carbonyl (C=O) groups is 2. The predicted molar refractivity (Wildman–Crippen MR) is 86.3 cm³/mol. The molecule has 0 bridgehead atoms. The van der Waals surface area contributed by atoms with Gasteiger partial charge in [-0.1, -0.05) is 13.3 Å². The maximum atomic E-state index is 12.4. The van der Waals surface area contributed by atoms with Crippen molar-refractivity contribution in [2.24, 2.45) is 11.7 Å². The molecule has 0 saturated carbocycles. The van der Waals surface area contributed by atoms with Gasteiger partial charge in [-0.05, 0) is 32.6 Å². The number of piperidine rings is 1. The van der Waals surface area contributed by atoms with Gasteiger partial charge in [-0.15, -0.1) is 0 Å². The van der Waals surface area contributed by atoms with Gasteiger partial charge in [0.2, 0.25) is 11.8 Å². The van der Waals surface area contributed by atoms with E-state index in [4.69, 9.17) is 10.5 Å². The smallest absolute Gasteiger partial charge is 0.242 e. The highest BCUT2D eigenvalue weighted by Crippen LogP contribution is 2.21. The summed E-state index contributed by atoms with van der Waals surface area (Å²) in [5.74, 6) is 0.0994. The summed E-state index contributed by atoms with van der Waals surface area (Å²) >= 11 is 0. The van der Waals surface area contributed by atoms with E-state index in [1.807, 2.05) is 11.8 Å². The summed E-state index contributed by atoms with van der Waals surface area (Å²) in [4.78, 5) is 26.3. The zero-order valence-corrected chi connectivity index (χ0v) is 14.2. The van der Waals surface area contributed by atoms with E-state index in [9.17, 15) is 9.59 Å². The number of amides is 2. The molecule has 3 N–H and O–H groups in total. The van der Waals surface area contributed by atoms with Crippen LogP contribution >= 0.6 is 0 Å². The van der Waals surface area contributed by atoms with Gasteiger partial charge in [-0.25, -0.2) is 0 Å². The van der Waals surface area contributed by atoms with Gasteiger partial charge in [-0.3, -0.25) is 9.59 Å². The van der Waals surface area contributed by atoms with Crippen LogP contribution in [0.15, 0.2) is 0 Å². The molecule has 1 rings (SSSR count). The first-order valence-corrected chi connectivity index (χ1v) is 8.27. The van der Waals surface area contributed by atoms with Gasteiger partial charge in [0.1, 0.15) is 0 Å². The summed E-state index contributed by atoms with van der Waals surface area (Å²) in [5, 5.41) is 2.93. The van der Waals surface area contributed by atoms with Crippen LogP contribution in [-0.2, 0) is 14.3 Å². The molecule has 1 fully saturated rings. The Labute approximate surface area is 133 Å². The molecule has 0 aliphatic carbocycles. The highest BCUT2D eigenvalue weighted by molar-refractivity contribution is 5.86. The minimum absolute atomic E-state index is 0.00167. The molecule has 0 aromatic carbocycles. The monoisotopic (exact) mass is 313 g/mol. The average molecular weight is 313 g/mol. The highest BCUT2D eigenvalue weighted by atomic mass is 16.5. The second-order valence-electron chi connectivity index (χ2n) is 6.37. The van der Waals surface area contributed by atoms with Gasteiger partial charge in [-0.2, -0.15) is 0 Å². The molecule has 1 heterocycles. The minimum Gasteiger partial charge on any atom is -0.385 e. The number of carbonyl (C=O) groups excluding carboxylic acids is 2. The fourth-order valence-electron chi connectivity index (χ4n) is 2.90. The van der Waals surface area contributed by atoms with Crippen LogP contribution in [0.1, 0.15) is 46.0 Å². The number of methoxy groups -OCH3 is 1. The van der Waals surface area contributed by atoms with E-state index in [0.717, 1.165) is 12.8 Å². The first-order valence-electron chi connectivity index (χ1n) is 8.27.